The molecule has 2 N–H and O–H groups in total. The third-order valence-corrected chi connectivity index (χ3v) is 7.11. The van der Waals surface area contributed by atoms with E-state index in [2.05, 4.69) is 15.0 Å². The van der Waals surface area contributed by atoms with Gasteiger partial charge in [-0.25, -0.2) is 13.4 Å². The van der Waals surface area contributed by atoms with Gasteiger partial charge in [0.2, 0.25) is 0 Å². The number of aromatic nitrogens is 3. The Morgan fingerprint density at radius 2 is 1.88 bits per heavy atom. The quantitative estimate of drug-likeness (QED) is 0.432. The van der Waals surface area contributed by atoms with Crippen LogP contribution in [0, 0.1) is 5.92 Å². The largest absolute Gasteiger partial charge is 0.494 e. The van der Waals surface area contributed by atoms with E-state index in [9.17, 15) is 13.5 Å². The van der Waals surface area contributed by atoms with E-state index in [0.717, 1.165) is 31.2 Å². The fraction of sp³-hybridized carbons (Fsp3) is 0.478. The van der Waals surface area contributed by atoms with Crippen LogP contribution in [0.5, 0.6) is 11.8 Å². The number of aromatic amines is 1. The minimum absolute atomic E-state index is 0.0771. The number of hydrogen-bond donors (Lipinski definition) is 2. The Morgan fingerprint density at radius 3 is 2.55 bits per heavy atom. The molecule has 1 aliphatic rings. The van der Waals surface area contributed by atoms with Gasteiger partial charge in [0.15, 0.2) is 5.65 Å². The van der Waals surface area contributed by atoms with Gasteiger partial charge in [-0.15, -0.1) is 0 Å². The Morgan fingerprint density at radius 1 is 1.15 bits per heavy atom. The number of nitrogens with zero attached hydrogens (tertiary/aromatic N) is 2. The number of ether oxygens (including phenoxy) is 2. The lowest BCUT2D eigenvalue weighted by Gasteiger charge is -2.26. The second kappa shape index (κ2) is 10.3. The van der Waals surface area contributed by atoms with Crippen LogP contribution in [0.4, 0.5) is 0 Å². The molecule has 8 nitrogen and oxygen atoms in total. The molecule has 1 saturated carbocycles. The summed E-state index contributed by atoms with van der Waals surface area (Å²) >= 11 is 6.49. The number of H-pyrrole nitrogens is 1. The van der Waals surface area contributed by atoms with Crippen LogP contribution in [0.15, 0.2) is 30.3 Å². The lowest BCUT2D eigenvalue weighted by atomic mass is 9.88. The molecular weight excluding hydrogens is 466 g/mol. The van der Waals surface area contributed by atoms with E-state index in [1.165, 1.54) is 6.26 Å². The van der Waals surface area contributed by atoms with Gasteiger partial charge in [-0.1, -0.05) is 11.6 Å². The number of aliphatic hydroxyl groups excluding tert-OH is 1. The minimum Gasteiger partial charge on any atom is -0.494 e. The molecule has 33 heavy (non-hydrogen) atoms. The topological polar surface area (TPSA) is 114 Å². The molecule has 0 amide bonds. The van der Waals surface area contributed by atoms with E-state index < -0.39 is 9.84 Å². The van der Waals surface area contributed by atoms with Crippen LogP contribution in [-0.4, -0.2) is 59.8 Å². The van der Waals surface area contributed by atoms with Crippen molar-refractivity contribution >= 4 is 32.6 Å². The average Bonchev–Trinajstić information content (AvgIpc) is 3.17. The molecule has 0 radical (unpaired) electrons. The molecule has 2 aromatic heterocycles. The molecule has 0 saturated heterocycles. The van der Waals surface area contributed by atoms with Crippen molar-refractivity contribution < 1.29 is 23.0 Å². The number of aliphatic hydroxyl groups is 1. The van der Waals surface area contributed by atoms with E-state index in [1.54, 1.807) is 18.2 Å². The minimum atomic E-state index is -2.98. The van der Waals surface area contributed by atoms with Crippen molar-refractivity contribution in [2.24, 2.45) is 5.92 Å². The Bertz CT molecular complexity index is 1190. The van der Waals surface area contributed by atoms with Gasteiger partial charge < -0.3 is 19.6 Å². The van der Waals surface area contributed by atoms with Gasteiger partial charge in [-0.05, 0) is 68.4 Å². The maximum Gasteiger partial charge on any atom is 0.296 e. The van der Waals surface area contributed by atoms with Crippen molar-refractivity contribution in [1.82, 2.24) is 15.0 Å². The molecule has 1 aliphatic carbocycles. The highest BCUT2D eigenvalue weighted by Crippen LogP contribution is 2.32. The smallest absolute Gasteiger partial charge is 0.296 e. The summed E-state index contributed by atoms with van der Waals surface area (Å²) in [5, 5.41) is 9.78. The summed E-state index contributed by atoms with van der Waals surface area (Å²) in [5.41, 5.74) is 2.65. The highest BCUT2D eigenvalue weighted by Gasteiger charge is 2.23. The SMILES string of the molecule is CS(=O)(=O)CCCOc1ccc(-c2nc3nc(OC4CCC(CO)CC4)[nH]c3cc2Cl)cc1. The molecule has 3 aromatic rings. The maximum atomic E-state index is 11.2. The molecule has 0 aliphatic heterocycles. The van der Waals surface area contributed by atoms with Crippen LogP contribution >= 0.6 is 11.6 Å². The molecule has 1 fully saturated rings. The summed E-state index contributed by atoms with van der Waals surface area (Å²) in [6, 6.07) is 9.54. The summed E-state index contributed by atoms with van der Waals surface area (Å²) in [7, 11) is -2.98. The number of rotatable bonds is 9. The second-order valence-electron chi connectivity index (χ2n) is 8.53. The van der Waals surface area contributed by atoms with E-state index in [4.69, 9.17) is 21.1 Å². The molecule has 0 bridgehead atoms. The fourth-order valence-electron chi connectivity index (χ4n) is 3.96. The number of nitrogens with one attached hydrogen (secondary N) is 1. The van der Waals surface area contributed by atoms with E-state index >= 15 is 0 Å². The maximum absolute atomic E-state index is 11.2. The van der Waals surface area contributed by atoms with E-state index in [-0.39, 0.29) is 18.5 Å². The number of hydrogen-bond acceptors (Lipinski definition) is 7. The predicted octanol–water partition coefficient (Wildman–Crippen LogP) is 4.02. The van der Waals surface area contributed by atoms with E-state index in [0.29, 0.717) is 52.6 Å². The number of benzene rings is 1. The monoisotopic (exact) mass is 493 g/mol. The lowest BCUT2D eigenvalue weighted by Crippen LogP contribution is -2.25. The Hall–Kier alpha value is -2.36. The summed E-state index contributed by atoms with van der Waals surface area (Å²) in [4.78, 5) is 12.3. The Balaban J connectivity index is 1.42. The Kier molecular flexibility index (Phi) is 7.41. The standard InChI is InChI=1S/C23H28ClN3O5S/c1-33(29,30)12-2-11-31-17-9-5-16(6-10-17)21-19(24)13-20-22(26-21)27-23(25-20)32-18-7-3-15(14-28)4-8-18/h5-6,9-10,13,15,18,28H,2-4,7-8,11-12,14H2,1H3,(H,25,26,27). The molecule has 4 rings (SSSR count). The first-order valence-corrected chi connectivity index (χ1v) is 13.5. The van der Waals surface area contributed by atoms with Crippen molar-refractivity contribution in [2.75, 3.05) is 25.2 Å². The zero-order valence-electron chi connectivity index (χ0n) is 18.5. The first-order chi connectivity index (χ1) is 15.8. The molecule has 10 heteroatoms. The Labute approximate surface area is 198 Å². The summed E-state index contributed by atoms with van der Waals surface area (Å²) in [5.74, 6) is 1.12. The normalized spacial score (nSPS) is 19.0. The average molecular weight is 494 g/mol. The van der Waals surface area contributed by atoms with Crippen LogP contribution in [-0.2, 0) is 9.84 Å². The molecular formula is C23H28ClN3O5S. The molecule has 0 spiro atoms. The third kappa shape index (κ3) is 6.37. The van der Waals surface area contributed by atoms with Crippen molar-refractivity contribution in [3.63, 3.8) is 0 Å². The van der Waals surface area contributed by atoms with Crippen LogP contribution in [0.25, 0.3) is 22.4 Å². The van der Waals surface area contributed by atoms with Gasteiger partial charge in [-0.2, -0.15) is 4.98 Å². The van der Waals surface area contributed by atoms with E-state index in [1.807, 2.05) is 12.1 Å². The first-order valence-electron chi connectivity index (χ1n) is 11.1. The van der Waals surface area contributed by atoms with Gasteiger partial charge in [0.25, 0.3) is 6.01 Å². The van der Waals surface area contributed by atoms with Crippen molar-refractivity contribution in [2.45, 2.75) is 38.2 Å². The van der Waals surface area contributed by atoms with Crippen molar-refractivity contribution in [3.8, 4) is 23.0 Å². The van der Waals surface area contributed by atoms with Gasteiger partial charge in [0.05, 0.1) is 28.6 Å². The number of fused-ring (bicyclic) bond motifs is 1. The van der Waals surface area contributed by atoms with Crippen LogP contribution < -0.4 is 9.47 Å². The first kappa shape index (κ1) is 23.8. The lowest BCUT2D eigenvalue weighted by molar-refractivity contribution is 0.0976. The predicted molar refractivity (Wildman–Crippen MR) is 128 cm³/mol. The number of imidazole rings is 1. The van der Waals surface area contributed by atoms with Crippen LogP contribution in [0.1, 0.15) is 32.1 Å². The number of sulfone groups is 1. The van der Waals surface area contributed by atoms with Crippen molar-refractivity contribution in [1.29, 1.82) is 0 Å². The molecule has 0 unspecified atom stereocenters. The molecule has 1 aromatic carbocycles. The van der Waals surface area contributed by atoms with Gasteiger partial charge in [0.1, 0.15) is 21.7 Å². The van der Waals surface area contributed by atoms with Gasteiger partial charge in [-0.3, -0.25) is 0 Å². The third-order valence-electron chi connectivity index (χ3n) is 5.79. The van der Waals surface area contributed by atoms with Gasteiger partial charge >= 0.3 is 0 Å². The highest BCUT2D eigenvalue weighted by atomic mass is 35.5. The molecule has 2 heterocycles. The number of halogens is 1. The van der Waals surface area contributed by atoms with Gasteiger partial charge in [0, 0.05) is 18.4 Å². The highest BCUT2D eigenvalue weighted by molar-refractivity contribution is 7.90. The fourth-order valence-corrected chi connectivity index (χ4v) is 4.87. The zero-order chi connectivity index (χ0) is 23.4. The number of pyridine rings is 1. The van der Waals surface area contributed by atoms with Crippen molar-refractivity contribution in [3.05, 3.63) is 35.4 Å². The van der Waals surface area contributed by atoms with Crippen LogP contribution in [0.3, 0.4) is 0 Å². The second-order valence-corrected chi connectivity index (χ2v) is 11.2. The zero-order valence-corrected chi connectivity index (χ0v) is 20.0. The van der Waals surface area contributed by atoms with Crippen LogP contribution in [0.2, 0.25) is 5.02 Å². The molecule has 0 atom stereocenters. The summed E-state index contributed by atoms with van der Waals surface area (Å²) < 4.78 is 34.0. The summed E-state index contributed by atoms with van der Waals surface area (Å²) in [6.45, 7) is 0.563. The summed E-state index contributed by atoms with van der Waals surface area (Å²) in [6.07, 6.45) is 5.42. The molecule has 178 valence electrons.